The summed E-state index contributed by atoms with van der Waals surface area (Å²) in [5.74, 6) is -0.199. The van der Waals surface area contributed by atoms with E-state index in [1.165, 1.54) is 17.0 Å². The van der Waals surface area contributed by atoms with Crippen LogP contribution in [0.1, 0.15) is 17.0 Å². The Hall–Kier alpha value is -2.43. The van der Waals surface area contributed by atoms with Gasteiger partial charge in [-0.1, -0.05) is 18.2 Å². The summed E-state index contributed by atoms with van der Waals surface area (Å²) < 4.78 is 13.1. The SMILES string of the molecule is CN(C)C(=O)NCC(Cc1cccnc1)c1ccc(F)cc1. The van der Waals surface area contributed by atoms with E-state index in [0.29, 0.717) is 6.54 Å². The molecule has 0 bridgehead atoms. The van der Waals surface area contributed by atoms with Crippen molar-refractivity contribution in [2.45, 2.75) is 12.3 Å². The fourth-order valence-corrected chi connectivity index (χ4v) is 2.21. The van der Waals surface area contributed by atoms with Crippen LogP contribution in [0.2, 0.25) is 0 Å². The van der Waals surface area contributed by atoms with E-state index in [1.54, 1.807) is 32.4 Å². The van der Waals surface area contributed by atoms with E-state index < -0.39 is 0 Å². The van der Waals surface area contributed by atoms with Crippen molar-refractivity contribution in [3.8, 4) is 0 Å². The molecule has 0 aliphatic carbocycles. The van der Waals surface area contributed by atoms with Crippen molar-refractivity contribution >= 4 is 6.03 Å². The summed E-state index contributed by atoms with van der Waals surface area (Å²) >= 11 is 0. The van der Waals surface area contributed by atoms with Crippen molar-refractivity contribution < 1.29 is 9.18 Å². The summed E-state index contributed by atoms with van der Waals surface area (Å²) in [4.78, 5) is 17.3. The van der Waals surface area contributed by atoms with Gasteiger partial charge in [-0.05, 0) is 35.7 Å². The molecule has 0 saturated carbocycles. The van der Waals surface area contributed by atoms with Gasteiger partial charge in [-0.3, -0.25) is 4.98 Å². The Kier molecular flexibility index (Phi) is 5.47. The van der Waals surface area contributed by atoms with Crippen molar-refractivity contribution in [3.05, 3.63) is 65.7 Å². The minimum atomic E-state index is -0.263. The second kappa shape index (κ2) is 7.54. The summed E-state index contributed by atoms with van der Waals surface area (Å²) in [5, 5.41) is 2.89. The van der Waals surface area contributed by atoms with Crippen LogP contribution in [0.3, 0.4) is 0 Å². The van der Waals surface area contributed by atoms with Crippen LogP contribution in [0.25, 0.3) is 0 Å². The fraction of sp³-hybridized carbons (Fsp3) is 0.294. The Balaban J connectivity index is 2.13. The van der Waals surface area contributed by atoms with Gasteiger partial charge in [-0.15, -0.1) is 0 Å². The molecule has 0 saturated heterocycles. The van der Waals surface area contributed by atoms with E-state index in [-0.39, 0.29) is 17.8 Å². The first kappa shape index (κ1) is 15.9. The number of rotatable bonds is 5. The molecule has 0 spiro atoms. The molecule has 1 aromatic carbocycles. The Morgan fingerprint density at radius 3 is 2.59 bits per heavy atom. The monoisotopic (exact) mass is 301 g/mol. The largest absolute Gasteiger partial charge is 0.337 e. The number of urea groups is 1. The van der Waals surface area contributed by atoms with Crippen molar-refractivity contribution in [1.82, 2.24) is 15.2 Å². The van der Waals surface area contributed by atoms with Gasteiger partial charge in [0.15, 0.2) is 0 Å². The molecule has 0 radical (unpaired) electrons. The molecule has 2 rings (SSSR count). The van der Waals surface area contributed by atoms with Crippen molar-refractivity contribution in [1.29, 1.82) is 0 Å². The molecule has 1 N–H and O–H groups in total. The van der Waals surface area contributed by atoms with Crippen LogP contribution in [0.15, 0.2) is 48.8 Å². The number of amides is 2. The highest BCUT2D eigenvalue weighted by atomic mass is 19.1. The third-order valence-electron chi connectivity index (χ3n) is 3.45. The lowest BCUT2D eigenvalue weighted by molar-refractivity contribution is 0.216. The molecule has 4 nitrogen and oxygen atoms in total. The molecule has 5 heteroatoms. The third-order valence-corrected chi connectivity index (χ3v) is 3.45. The number of nitrogens with one attached hydrogen (secondary N) is 1. The van der Waals surface area contributed by atoms with Crippen molar-refractivity contribution in [2.75, 3.05) is 20.6 Å². The number of aromatic nitrogens is 1. The van der Waals surface area contributed by atoms with E-state index in [0.717, 1.165) is 17.5 Å². The Morgan fingerprint density at radius 2 is 2.00 bits per heavy atom. The number of benzene rings is 1. The highest BCUT2D eigenvalue weighted by Crippen LogP contribution is 2.20. The molecule has 1 atom stereocenters. The summed E-state index contributed by atoms with van der Waals surface area (Å²) in [6.07, 6.45) is 4.27. The number of halogens is 1. The van der Waals surface area contributed by atoms with Crippen LogP contribution >= 0.6 is 0 Å². The predicted octanol–water partition coefficient (Wildman–Crippen LogP) is 2.82. The predicted molar refractivity (Wildman–Crippen MR) is 84.2 cm³/mol. The minimum Gasteiger partial charge on any atom is -0.337 e. The zero-order valence-corrected chi connectivity index (χ0v) is 12.8. The lowest BCUT2D eigenvalue weighted by atomic mass is 9.92. The maximum absolute atomic E-state index is 13.1. The number of nitrogens with zero attached hydrogens (tertiary/aromatic N) is 2. The van der Waals surface area contributed by atoms with Crippen LogP contribution in [0, 0.1) is 5.82 Å². The average molecular weight is 301 g/mol. The molecule has 0 aliphatic heterocycles. The first-order valence-corrected chi connectivity index (χ1v) is 7.16. The zero-order chi connectivity index (χ0) is 15.9. The van der Waals surface area contributed by atoms with Crippen LogP contribution < -0.4 is 5.32 Å². The van der Waals surface area contributed by atoms with Gasteiger partial charge < -0.3 is 10.2 Å². The summed E-state index contributed by atoms with van der Waals surface area (Å²) in [7, 11) is 3.40. The normalized spacial score (nSPS) is 11.8. The molecule has 2 amide bonds. The van der Waals surface area contributed by atoms with Crippen LogP contribution in [0.5, 0.6) is 0 Å². The standard InChI is InChI=1S/C17H20FN3O/c1-21(2)17(22)20-12-15(10-13-4-3-9-19-11-13)14-5-7-16(18)8-6-14/h3-9,11,15H,10,12H2,1-2H3,(H,20,22). The molecule has 0 fully saturated rings. The van der Waals surface area contributed by atoms with Gasteiger partial charge in [0.25, 0.3) is 0 Å². The van der Waals surface area contributed by atoms with Gasteiger partial charge >= 0.3 is 6.03 Å². The Labute approximate surface area is 130 Å². The zero-order valence-electron chi connectivity index (χ0n) is 12.8. The smallest absolute Gasteiger partial charge is 0.316 e. The first-order valence-electron chi connectivity index (χ1n) is 7.16. The molecular weight excluding hydrogens is 281 g/mol. The van der Waals surface area contributed by atoms with Gasteiger partial charge in [0.1, 0.15) is 5.82 Å². The number of carbonyl (C=O) groups is 1. The molecule has 116 valence electrons. The van der Waals surface area contributed by atoms with E-state index >= 15 is 0 Å². The fourth-order valence-electron chi connectivity index (χ4n) is 2.21. The van der Waals surface area contributed by atoms with Crippen LogP contribution in [-0.2, 0) is 6.42 Å². The van der Waals surface area contributed by atoms with Gasteiger partial charge in [0, 0.05) is 39.0 Å². The highest BCUT2D eigenvalue weighted by molar-refractivity contribution is 5.73. The van der Waals surface area contributed by atoms with Gasteiger partial charge in [-0.25, -0.2) is 9.18 Å². The van der Waals surface area contributed by atoms with Crippen LogP contribution in [-0.4, -0.2) is 36.6 Å². The average Bonchev–Trinajstić information content (AvgIpc) is 2.53. The maximum Gasteiger partial charge on any atom is 0.316 e. The summed E-state index contributed by atoms with van der Waals surface area (Å²) in [6, 6.07) is 10.2. The molecule has 1 heterocycles. The summed E-state index contributed by atoms with van der Waals surface area (Å²) in [6.45, 7) is 0.484. The second-order valence-corrected chi connectivity index (χ2v) is 5.39. The third kappa shape index (κ3) is 4.55. The van der Waals surface area contributed by atoms with Gasteiger partial charge in [-0.2, -0.15) is 0 Å². The van der Waals surface area contributed by atoms with Crippen molar-refractivity contribution in [3.63, 3.8) is 0 Å². The van der Waals surface area contributed by atoms with Crippen LogP contribution in [0.4, 0.5) is 9.18 Å². The van der Waals surface area contributed by atoms with E-state index in [1.807, 2.05) is 18.3 Å². The quantitative estimate of drug-likeness (QED) is 0.923. The second-order valence-electron chi connectivity index (χ2n) is 5.39. The first-order chi connectivity index (χ1) is 10.6. The van der Waals surface area contributed by atoms with E-state index in [4.69, 9.17) is 0 Å². The molecule has 1 aromatic heterocycles. The number of pyridine rings is 1. The molecule has 2 aromatic rings. The summed E-state index contributed by atoms with van der Waals surface area (Å²) in [5.41, 5.74) is 2.07. The topological polar surface area (TPSA) is 45.2 Å². The number of carbonyl (C=O) groups excluding carboxylic acids is 1. The lowest BCUT2D eigenvalue weighted by Gasteiger charge is -2.20. The highest BCUT2D eigenvalue weighted by Gasteiger charge is 2.15. The molecule has 1 unspecified atom stereocenters. The molecule has 22 heavy (non-hydrogen) atoms. The Bertz CT molecular complexity index is 599. The lowest BCUT2D eigenvalue weighted by Crippen LogP contribution is -2.37. The maximum atomic E-state index is 13.1. The molecular formula is C17H20FN3O. The van der Waals surface area contributed by atoms with Crippen molar-refractivity contribution in [2.24, 2.45) is 0 Å². The molecule has 0 aliphatic rings. The van der Waals surface area contributed by atoms with Gasteiger partial charge in [0.2, 0.25) is 0 Å². The van der Waals surface area contributed by atoms with E-state index in [9.17, 15) is 9.18 Å². The van der Waals surface area contributed by atoms with Gasteiger partial charge in [0.05, 0.1) is 0 Å². The Morgan fingerprint density at radius 1 is 1.27 bits per heavy atom. The number of hydrogen-bond donors (Lipinski definition) is 1. The minimum absolute atomic E-state index is 0.0636. The van der Waals surface area contributed by atoms with E-state index in [2.05, 4.69) is 10.3 Å². The number of hydrogen-bond acceptors (Lipinski definition) is 2.